The molecule has 0 radical (unpaired) electrons. The maximum absolute atomic E-state index is 13.2. The van der Waals surface area contributed by atoms with Gasteiger partial charge in [0.1, 0.15) is 5.54 Å². The summed E-state index contributed by atoms with van der Waals surface area (Å²) in [5.41, 5.74) is -0.214. The van der Waals surface area contributed by atoms with E-state index in [9.17, 15) is 4.79 Å². The Morgan fingerprint density at radius 1 is 1.23 bits per heavy atom. The largest absolute Gasteiger partial charge is 0.343 e. The Labute approximate surface area is 163 Å². The van der Waals surface area contributed by atoms with Crippen molar-refractivity contribution in [3.05, 3.63) is 11.7 Å². The van der Waals surface area contributed by atoms with E-state index in [1.807, 2.05) is 6.92 Å². The van der Waals surface area contributed by atoms with Gasteiger partial charge in [0.2, 0.25) is 11.8 Å². The van der Waals surface area contributed by atoms with Gasteiger partial charge < -0.3 is 9.84 Å². The van der Waals surface area contributed by atoms with Crippen LogP contribution in [0, 0.1) is 24.2 Å². The number of alkyl halides is 1. The Morgan fingerprint density at radius 3 is 2.50 bits per heavy atom. The number of carbonyl (C=O) groups is 1. The maximum Gasteiger partial charge on any atom is 0.223 e. The normalized spacial score (nSPS) is 40.1. The van der Waals surface area contributed by atoms with Crippen molar-refractivity contribution in [3.8, 4) is 0 Å². The van der Waals surface area contributed by atoms with E-state index in [2.05, 4.69) is 31.4 Å². The molecule has 6 rings (SSSR count). The van der Waals surface area contributed by atoms with Crippen LogP contribution in [0.5, 0.6) is 0 Å². The predicted octanol–water partition coefficient (Wildman–Crippen LogP) is 4.39. The molecule has 0 spiro atoms. The van der Waals surface area contributed by atoms with Crippen LogP contribution in [-0.2, 0) is 10.3 Å². The van der Waals surface area contributed by atoms with E-state index in [0.717, 1.165) is 43.9 Å². The van der Waals surface area contributed by atoms with Gasteiger partial charge in [-0.1, -0.05) is 33.9 Å². The van der Waals surface area contributed by atoms with Crippen molar-refractivity contribution in [3.63, 3.8) is 0 Å². The summed E-state index contributed by atoms with van der Waals surface area (Å²) in [7, 11) is 0. The first kappa shape index (κ1) is 17.2. The van der Waals surface area contributed by atoms with Gasteiger partial charge in [0.25, 0.3) is 0 Å². The molecular formula is C20H28BrN3O2. The standard InChI is InChI=1S/C20H28BrN3O2/c1-13-22-17(24-26-13)20(4-2-3-5-20)23-16(25)11-18-7-14-6-15(8-18)10-19(21,9-14)12-18/h14-15H,2-12H2,1H3,(H,23,25)/t14-,15-,18?,19?/m1/s1. The lowest BCUT2D eigenvalue weighted by atomic mass is 9.48. The smallest absolute Gasteiger partial charge is 0.223 e. The molecular weight excluding hydrogens is 394 g/mol. The molecule has 5 aliphatic carbocycles. The molecule has 5 fully saturated rings. The number of halogens is 1. The molecule has 1 aromatic heterocycles. The first-order valence-electron chi connectivity index (χ1n) is 10.2. The minimum absolute atomic E-state index is 0.187. The van der Waals surface area contributed by atoms with E-state index in [4.69, 9.17) is 4.52 Å². The lowest BCUT2D eigenvalue weighted by molar-refractivity contribution is -0.130. The van der Waals surface area contributed by atoms with Crippen LogP contribution in [0.1, 0.15) is 82.3 Å². The van der Waals surface area contributed by atoms with Gasteiger partial charge in [-0.15, -0.1) is 0 Å². The van der Waals surface area contributed by atoms with Gasteiger partial charge in [-0.3, -0.25) is 4.79 Å². The summed E-state index contributed by atoms with van der Waals surface area (Å²) in [5, 5.41) is 7.52. The van der Waals surface area contributed by atoms with Crippen molar-refractivity contribution >= 4 is 21.8 Å². The zero-order valence-corrected chi connectivity index (χ0v) is 17.1. The molecule has 1 amide bonds. The van der Waals surface area contributed by atoms with E-state index in [-0.39, 0.29) is 11.3 Å². The van der Waals surface area contributed by atoms with Crippen LogP contribution in [-0.4, -0.2) is 20.4 Å². The molecule has 0 aromatic carbocycles. The minimum Gasteiger partial charge on any atom is -0.343 e. The van der Waals surface area contributed by atoms with Crippen molar-refractivity contribution < 1.29 is 9.32 Å². The fourth-order valence-electron chi connectivity index (χ4n) is 7.07. The molecule has 5 nitrogen and oxygen atoms in total. The van der Waals surface area contributed by atoms with Crippen molar-refractivity contribution in [1.29, 1.82) is 0 Å². The van der Waals surface area contributed by atoms with Gasteiger partial charge in [0.05, 0.1) is 0 Å². The van der Waals surface area contributed by atoms with E-state index < -0.39 is 5.54 Å². The molecule has 4 bridgehead atoms. The van der Waals surface area contributed by atoms with Crippen molar-refractivity contribution in [2.75, 3.05) is 0 Å². The van der Waals surface area contributed by atoms with Crippen LogP contribution in [0.2, 0.25) is 0 Å². The topological polar surface area (TPSA) is 68.0 Å². The zero-order valence-electron chi connectivity index (χ0n) is 15.5. The molecule has 142 valence electrons. The molecule has 26 heavy (non-hydrogen) atoms. The minimum atomic E-state index is -0.413. The molecule has 1 N–H and O–H groups in total. The second-order valence-corrected chi connectivity index (χ2v) is 11.4. The van der Waals surface area contributed by atoms with E-state index in [1.54, 1.807) is 0 Å². The van der Waals surface area contributed by atoms with Gasteiger partial charge in [-0.05, 0) is 68.6 Å². The number of carbonyl (C=O) groups excluding carboxylic acids is 1. The number of aryl methyl sites for hydroxylation is 1. The number of amides is 1. The first-order valence-corrected chi connectivity index (χ1v) is 11.0. The van der Waals surface area contributed by atoms with Gasteiger partial charge in [-0.2, -0.15) is 4.98 Å². The Hall–Kier alpha value is -0.910. The monoisotopic (exact) mass is 421 g/mol. The third-order valence-corrected chi connectivity index (χ3v) is 8.37. The molecule has 5 saturated carbocycles. The van der Waals surface area contributed by atoms with Gasteiger partial charge >= 0.3 is 0 Å². The molecule has 6 heteroatoms. The highest BCUT2D eigenvalue weighted by Gasteiger charge is 2.57. The van der Waals surface area contributed by atoms with E-state index in [0.29, 0.717) is 22.5 Å². The lowest BCUT2D eigenvalue weighted by Crippen LogP contribution is -2.55. The number of nitrogens with one attached hydrogen (secondary N) is 1. The number of hydrogen-bond donors (Lipinski definition) is 1. The van der Waals surface area contributed by atoms with Crippen molar-refractivity contribution in [2.24, 2.45) is 17.3 Å². The third kappa shape index (κ3) is 2.83. The molecule has 2 atom stereocenters. The van der Waals surface area contributed by atoms with Crippen LogP contribution in [0.4, 0.5) is 0 Å². The average Bonchev–Trinajstić information content (AvgIpc) is 3.13. The molecule has 1 heterocycles. The molecule has 0 saturated heterocycles. The van der Waals surface area contributed by atoms with Crippen LogP contribution < -0.4 is 5.32 Å². The summed E-state index contributed by atoms with van der Waals surface area (Å²) in [4.78, 5) is 17.6. The Balaban J connectivity index is 1.34. The van der Waals surface area contributed by atoms with Crippen molar-refractivity contribution in [2.45, 2.75) is 87.4 Å². The number of hydrogen-bond acceptors (Lipinski definition) is 4. The number of aromatic nitrogens is 2. The predicted molar refractivity (Wildman–Crippen MR) is 101 cm³/mol. The van der Waals surface area contributed by atoms with E-state index in [1.165, 1.54) is 32.1 Å². The summed E-state index contributed by atoms with van der Waals surface area (Å²) < 4.78 is 5.51. The summed E-state index contributed by atoms with van der Waals surface area (Å²) in [6, 6.07) is 0. The van der Waals surface area contributed by atoms with Crippen molar-refractivity contribution in [1.82, 2.24) is 15.5 Å². The summed E-state index contributed by atoms with van der Waals surface area (Å²) in [5.74, 6) is 3.05. The molecule has 1 aromatic rings. The third-order valence-electron chi connectivity index (χ3n) is 7.44. The summed E-state index contributed by atoms with van der Waals surface area (Å²) in [6.45, 7) is 1.81. The van der Waals surface area contributed by atoms with Gasteiger partial charge in [-0.25, -0.2) is 0 Å². The zero-order chi connectivity index (χ0) is 18.0. The van der Waals surface area contributed by atoms with Gasteiger partial charge in [0.15, 0.2) is 5.82 Å². The Morgan fingerprint density at radius 2 is 1.92 bits per heavy atom. The highest BCUT2D eigenvalue weighted by atomic mass is 79.9. The number of nitrogens with zero attached hydrogens (tertiary/aromatic N) is 2. The SMILES string of the molecule is Cc1nc(C2(NC(=O)CC34C[C@H]5C[C@@H](CC(Br)(C5)C3)C4)CCCC2)no1. The highest BCUT2D eigenvalue weighted by molar-refractivity contribution is 9.10. The second-order valence-electron chi connectivity index (χ2n) is 9.76. The van der Waals surface area contributed by atoms with Gasteiger partial charge in [0, 0.05) is 17.7 Å². The first-order chi connectivity index (χ1) is 12.4. The fraction of sp³-hybridized carbons (Fsp3) is 0.850. The Kier molecular flexibility index (Phi) is 3.83. The summed E-state index contributed by atoms with van der Waals surface area (Å²) >= 11 is 4.06. The quantitative estimate of drug-likeness (QED) is 0.731. The van der Waals surface area contributed by atoms with E-state index >= 15 is 0 Å². The number of rotatable bonds is 4. The maximum atomic E-state index is 13.2. The Bertz CT molecular complexity index is 710. The highest BCUT2D eigenvalue weighted by Crippen LogP contribution is 2.65. The second kappa shape index (κ2) is 5.79. The summed E-state index contributed by atoms with van der Waals surface area (Å²) in [6.07, 6.45) is 12.3. The molecule has 5 aliphatic rings. The van der Waals surface area contributed by atoms with Crippen LogP contribution >= 0.6 is 15.9 Å². The molecule has 0 unspecified atom stereocenters. The molecule has 0 aliphatic heterocycles. The van der Waals surface area contributed by atoms with Crippen LogP contribution in [0.15, 0.2) is 4.52 Å². The lowest BCUT2D eigenvalue weighted by Gasteiger charge is -2.60. The fourth-order valence-corrected chi connectivity index (χ4v) is 8.58. The average molecular weight is 422 g/mol. The van der Waals surface area contributed by atoms with Crippen LogP contribution in [0.25, 0.3) is 0 Å². The van der Waals surface area contributed by atoms with Crippen LogP contribution in [0.3, 0.4) is 0 Å².